The van der Waals surface area contributed by atoms with Gasteiger partial charge in [0.1, 0.15) is 5.75 Å². The lowest BCUT2D eigenvalue weighted by molar-refractivity contribution is -0.130. The number of carbonyl (C=O) groups excluding carboxylic acids is 1. The van der Waals surface area contributed by atoms with Crippen LogP contribution in [0.15, 0.2) is 48.5 Å². The van der Waals surface area contributed by atoms with Crippen molar-refractivity contribution in [2.24, 2.45) is 0 Å². The van der Waals surface area contributed by atoms with Crippen LogP contribution in [0.2, 0.25) is 5.02 Å². The van der Waals surface area contributed by atoms with Crippen molar-refractivity contribution >= 4 is 29.7 Å². The number of hydrogen-bond donors (Lipinski definition) is 1. The number of aromatic nitrogens is 3. The van der Waals surface area contributed by atoms with Crippen LogP contribution in [-0.2, 0) is 17.9 Å². The summed E-state index contributed by atoms with van der Waals surface area (Å²) in [5.74, 6) is 1.49. The van der Waals surface area contributed by atoms with Gasteiger partial charge in [-0.3, -0.25) is 14.5 Å². The van der Waals surface area contributed by atoms with E-state index in [1.54, 1.807) is 19.1 Å². The lowest BCUT2D eigenvalue weighted by atomic mass is 10.2. The van der Waals surface area contributed by atoms with Crippen LogP contribution < -0.4 is 4.74 Å². The maximum atomic E-state index is 12.6. The van der Waals surface area contributed by atoms with E-state index in [0.29, 0.717) is 35.1 Å². The molecular weight excluding hydrogens is 396 g/mol. The molecule has 8 heteroatoms. The summed E-state index contributed by atoms with van der Waals surface area (Å²) in [7, 11) is 3.41. The minimum absolute atomic E-state index is 0.0266. The summed E-state index contributed by atoms with van der Waals surface area (Å²) in [6, 6.07) is 15.0. The number of nitrogens with one attached hydrogen (secondary N) is 1. The lowest BCUT2D eigenvalue weighted by Gasteiger charge is -2.18. The predicted octanol–water partition coefficient (Wildman–Crippen LogP) is 4.32. The molecule has 146 valence electrons. The van der Waals surface area contributed by atoms with Crippen LogP contribution in [-0.4, -0.2) is 39.7 Å². The molecule has 0 aliphatic rings. The van der Waals surface area contributed by atoms with Crippen molar-refractivity contribution < 1.29 is 9.53 Å². The maximum absolute atomic E-state index is 12.6. The largest absolute Gasteiger partial charge is 0.497 e. The van der Waals surface area contributed by atoms with E-state index >= 15 is 0 Å². The molecule has 3 aromatic rings. The van der Waals surface area contributed by atoms with Crippen LogP contribution in [0.4, 0.5) is 0 Å². The van der Waals surface area contributed by atoms with E-state index in [1.807, 2.05) is 53.1 Å². The second kappa shape index (κ2) is 9.03. The number of hydrogen-bond acceptors (Lipinski definition) is 4. The first-order chi connectivity index (χ1) is 13.5. The number of nitrogens with zero attached hydrogens (tertiary/aromatic N) is 3. The summed E-state index contributed by atoms with van der Waals surface area (Å²) in [5, 5.41) is 7.80. The van der Waals surface area contributed by atoms with Gasteiger partial charge in [-0.1, -0.05) is 23.7 Å². The SMILES string of the molecule is COc1ccc(-c2n[nH]c(=S)n2CCC(=O)N(C)Cc2ccc(Cl)cc2)cc1. The first kappa shape index (κ1) is 20.1. The fourth-order valence-corrected chi connectivity index (χ4v) is 3.19. The Bertz CT molecular complexity index is 996. The van der Waals surface area contributed by atoms with Gasteiger partial charge in [0, 0.05) is 37.1 Å². The van der Waals surface area contributed by atoms with Crippen LogP contribution >= 0.6 is 23.8 Å². The van der Waals surface area contributed by atoms with E-state index in [0.717, 1.165) is 16.9 Å². The van der Waals surface area contributed by atoms with Gasteiger partial charge >= 0.3 is 0 Å². The number of benzene rings is 2. The van der Waals surface area contributed by atoms with E-state index in [-0.39, 0.29) is 5.91 Å². The van der Waals surface area contributed by atoms with Gasteiger partial charge in [-0.15, -0.1) is 0 Å². The monoisotopic (exact) mass is 416 g/mol. The average molecular weight is 417 g/mol. The fraction of sp³-hybridized carbons (Fsp3) is 0.250. The summed E-state index contributed by atoms with van der Waals surface area (Å²) in [4.78, 5) is 14.3. The molecule has 0 unspecified atom stereocenters. The third kappa shape index (κ3) is 4.79. The second-order valence-corrected chi connectivity index (χ2v) is 7.18. The Hall–Kier alpha value is -2.64. The molecule has 28 heavy (non-hydrogen) atoms. The molecule has 0 radical (unpaired) electrons. The highest BCUT2D eigenvalue weighted by Crippen LogP contribution is 2.21. The topological polar surface area (TPSA) is 63.1 Å². The number of rotatable bonds is 7. The van der Waals surface area contributed by atoms with Gasteiger partial charge in [-0.25, -0.2) is 0 Å². The zero-order valence-corrected chi connectivity index (χ0v) is 17.3. The number of amides is 1. The van der Waals surface area contributed by atoms with Crippen molar-refractivity contribution in [3.05, 3.63) is 63.9 Å². The van der Waals surface area contributed by atoms with E-state index in [9.17, 15) is 4.79 Å². The van der Waals surface area contributed by atoms with E-state index in [2.05, 4.69) is 10.2 Å². The standard InChI is InChI=1S/C20H21ClN4O2S/c1-24(13-14-3-7-16(21)8-4-14)18(26)11-12-25-19(22-23-20(25)28)15-5-9-17(27-2)10-6-15/h3-10H,11-13H2,1-2H3,(H,23,28). The molecule has 1 amide bonds. The zero-order valence-electron chi connectivity index (χ0n) is 15.7. The third-order valence-electron chi connectivity index (χ3n) is 4.41. The molecule has 0 saturated carbocycles. The molecule has 6 nitrogen and oxygen atoms in total. The highest BCUT2D eigenvalue weighted by molar-refractivity contribution is 7.71. The van der Waals surface area contributed by atoms with E-state index in [4.69, 9.17) is 28.6 Å². The molecular formula is C20H21ClN4O2S. The highest BCUT2D eigenvalue weighted by Gasteiger charge is 2.13. The number of methoxy groups -OCH3 is 1. The Kier molecular flexibility index (Phi) is 6.49. The van der Waals surface area contributed by atoms with Crippen LogP contribution in [0.1, 0.15) is 12.0 Å². The number of H-pyrrole nitrogens is 1. The van der Waals surface area contributed by atoms with Crippen molar-refractivity contribution in [3.8, 4) is 17.1 Å². The molecule has 1 N–H and O–H groups in total. The van der Waals surface area contributed by atoms with Gasteiger partial charge in [-0.05, 0) is 54.2 Å². The summed E-state index contributed by atoms with van der Waals surface area (Å²) >= 11 is 11.2. The Morgan fingerprint density at radius 1 is 1.21 bits per heavy atom. The summed E-state index contributed by atoms with van der Waals surface area (Å²) in [5.41, 5.74) is 1.93. The molecule has 0 aliphatic heterocycles. The molecule has 1 heterocycles. The van der Waals surface area contributed by atoms with Crippen molar-refractivity contribution in [2.45, 2.75) is 19.5 Å². The molecule has 0 bridgehead atoms. The van der Waals surface area contributed by atoms with Crippen molar-refractivity contribution in [1.82, 2.24) is 19.7 Å². The summed E-state index contributed by atoms with van der Waals surface area (Å²) in [6.45, 7) is 0.971. The van der Waals surface area contributed by atoms with Gasteiger partial charge in [0.25, 0.3) is 0 Å². The van der Waals surface area contributed by atoms with Crippen LogP contribution in [0.3, 0.4) is 0 Å². The second-order valence-electron chi connectivity index (χ2n) is 6.36. The Morgan fingerprint density at radius 3 is 2.54 bits per heavy atom. The van der Waals surface area contributed by atoms with Crippen molar-refractivity contribution in [1.29, 1.82) is 0 Å². The molecule has 3 rings (SSSR count). The van der Waals surface area contributed by atoms with Gasteiger partial charge in [-0.2, -0.15) is 5.10 Å². The van der Waals surface area contributed by atoms with E-state index in [1.165, 1.54) is 0 Å². The van der Waals surface area contributed by atoms with Crippen LogP contribution in [0.5, 0.6) is 5.75 Å². The number of ether oxygens (including phenoxy) is 1. The van der Waals surface area contributed by atoms with Gasteiger partial charge < -0.3 is 9.64 Å². The first-order valence-electron chi connectivity index (χ1n) is 8.76. The number of aromatic amines is 1. The first-order valence-corrected chi connectivity index (χ1v) is 9.54. The molecule has 0 spiro atoms. The summed E-state index contributed by atoms with van der Waals surface area (Å²) in [6.07, 6.45) is 0.321. The van der Waals surface area contributed by atoms with Crippen LogP contribution in [0.25, 0.3) is 11.4 Å². The molecule has 0 saturated heterocycles. The average Bonchev–Trinajstić information content (AvgIpc) is 3.08. The van der Waals surface area contributed by atoms with Gasteiger partial charge in [0.2, 0.25) is 5.91 Å². The smallest absolute Gasteiger partial charge is 0.224 e. The minimum atomic E-state index is 0.0266. The van der Waals surface area contributed by atoms with Crippen LogP contribution in [0, 0.1) is 4.77 Å². The van der Waals surface area contributed by atoms with Gasteiger partial charge in [0.15, 0.2) is 10.6 Å². The normalized spacial score (nSPS) is 10.7. The maximum Gasteiger partial charge on any atom is 0.224 e. The predicted molar refractivity (Wildman–Crippen MR) is 112 cm³/mol. The minimum Gasteiger partial charge on any atom is -0.497 e. The molecule has 1 aromatic heterocycles. The van der Waals surface area contributed by atoms with Gasteiger partial charge in [0.05, 0.1) is 7.11 Å². The van der Waals surface area contributed by atoms with Crippen molar-refractivity contribution in [2.75, 3.05) is 14.2 Å². The fourth-order valence-electron chi connectivity index (χ4n) is 2.84. The molecule has 2 aromatic carbocycles. The number of carbonyl (C=O) groups is 1. The molecule has 0 fully saturated rings. The third-order valence-corrected chi connectivity index (χ3v) is 4.98. The zero-order chi connectivity index (χ0) is 20.1. The highest BCUT2D eigenvalue weighted by atomic mass is 35.5. The quantitative estimate of drug-likeness (QED) is 0.582. The molecule has 0 atom stereocenters. The molecule has 0 aliphatic carbocycles. The Balaban J connectivity index is 1.66. The van der Waals surface area contributed by atoms with E-state index < -0.39 is 0 Å². The Labute approximate surface area is 173 Å². The van der Waals surface area contributed by atoms with Crippen molar-refractivity contribution in [3.63, 3.8) is 0 Å². The summed E-state index contributed by atoms with van der Waals surface area (Å²) < 4.78 is 7.51. The number of halogens is 1. The Morgan fingerprint density at radius 2 is 1.89 bits per heavy atom. The lowest BCUT2D eigenvalue weighted by Crippen LogP contribution is -2.27.